The van der Waals surface area contributed by atoms with Crippen LogP contribution in [0.15, 0.2) is 18.2 Å². The van der Waals surface area contributed by atoms with Crippen molar-refractivity contribution in [3.05, 3.63) is 35.4 Å². The van der Waals surface area contributed by atoms with Gasteiger partial charge in [0.15, 0.2) is 11.6 Å². The molecule has 1 aromatic rings. The number of thioether (sulfide) groups is 1. The molecule has 5 heteroatoms. The van der Waals surface area contributed by atoms with Crippen LogP contribution in [0.5, 0.6) is 0 Å². The minimum atomic E-state index is -1.07. The molecule has 0 aliphatic heterocycles. The van der Waals surface area contributed by atoms with Crippen LogP contribution in [0, 0.1) is 11.6 Å². The minimum absolute atomic E-state index is 0.0672. The molecule has 0 spiro atoms. The Hall–Kier alpha value is -1.10. The summed E-state index contributed by atoms with van der Waals surface area (Å²) in [6, 6.07) is 3.71. The Morgan fingerprint density at radius 1 is 1.39 bits per heavy atom. The summed E-state index contributed by atoms with van der Waals surface area (Å²) in [5.74, 6) is -2.59. The van der Waals surface area contributed by atoms with Gasteiger partial charge in [0.05, 0.1) is 5.56 Å². The molecule has 1 saturated carbocycles. The van der Waals surface area contributed by atoms with Crippen molar-refractivity contribution in [2.45, 2.75) is 30.6 Å². The standard InChI is InChI=1S/C13H15F2NOS/c1-18-9-6-5-8(7-9)16-13(17)10-3-2-4-11(14)12(10)15/h2-4,8-9H,5-7H2,1H3,(H,16,17). The Bertz CT molecular complexity index is 453. The van der Waals surface area contributed by atoms with Crippen LogP contribution in [-0.4, -0.2) is 23.5 Å². The first-order valence-electron chi connectivity index (χ1n) is 5.89. The van der Waals surface area contributed by atoms with Crippen molar-refractivity contribution in [1.29, 1.82) is 0 Å². The van der Waals surface area contributed by atoms with Gasteiger partial charge < -0.3 is 5.32 Å². The number of halogens is 2. The highest BCUT2D eigenvalue weighted by atomic mass is 32.2. The van der Waals surface area contributed by atoms with E-state index in [1.807, 2.05) is 6.26 Å². The molecule has 2 nitrogen and oxygen atoms in total. The average molecular weight is 271 g/mol. The van der Waals surface area contributed by atoms with E-state index < -0.39 is 17.5 Å². The Kier molecular flexibility index (Phi) is 4.22. The molecule has 2 unspecified atom stereocenters. The number of rotatable bonds is 3. The van der Waals surface area contributed by atoms with E-state index in [4.69, 9.17) is 0 Å². The molecular formula is C13H15F2NOS. The molecule has 0 saturated heterocycles. The maximum absolute atomic E-state index is 13.4. The number of hydrogen-bond acceptors (Lipinski definition) is 2. The van der Waals surface area contributed by atoms with E-state index in [2.05, 4.69) is 5.32 Å². The highest BCUT2D eigenvalue weighted by Gasteiger charge is 2.26. The van der Waals surface area contributed by atoms with Gasteiger partial charge in [0.2, 0.25) is 0 Å². The Morgan fingerprint density at radius 3 is 2.83 bits per heavy atom. The molecular weight excluding hydrogens is 256 g/mol. The Balaban J connectivity index is 2.02. The predicted molar refractivity (Wildman–Crippen MR) is 68.8 cm³/mol. The lowest BCUT2D eigenvalue weighted by Crippen LogP contribution is -2.33. The molecule has 2 rings (SSSR count). The lowest BCUT2D eigenvalue weighted by molar-refractivity contribution is 0.0933. The maximum atomic E-state index is 13.4. The van der Waals surface area contributed by atoms with Crippen molar-refractivity contribution >= 4 is 17.7 Å². The molecule has 1 aromatic carbocycles. The number of carbonyl (C=O) groups excluding carboxylic acids is 1. The lowest BCUT2D eigenvalue weighted by Gasteiger charge is -2.13. The highest BCUT2D eigenvalue weighted by molar-refractivity contribution is 7.99. The van der Waals surface area contributed by atoms with E-state index in [0.717, 1.165) is 25.3 Å². The number of amides is 1. The van der Waals surface area contributed by atoms with Crippen molar-refractivity contribution in [2.24, 2.45) is 0 Å². The van der Waals surface area contributed by atoms with Gasteiger partial charge in [-0.3, -0.25) is 4.79 Å². The summed E-state index contributed by atoms with van der Waals surface area (Å²) in [4.78, 5) is 11.8. The van der Waals surface area contributed by atoms with E-state index >= 15 is 0 Å². The number of hydrogen-bond donors (Lipinski definition) is 1. The maximum Gasteiger partial charge on any atom is 0.254 e. The molecule has 0 radical (unpaired) electrons. The molecule has 1 aliphatic rings. The van der Waals surface area contributed by atoms with Crippen LogP contribution in [-0.2, 0) is 0 Å². The smallest absolute Gasteiger partial charge is 0.254 e. The predicted octanol–water partition coefficient (Wildman–Crippen LogP) is 2.98. The van der Waals surface area contributed by atoms with Gasteiger partial charge in [0, 0.05) is 11.3 Å². The Morgan fingerprint density at radius 2 is 2.17 bits per heavy atom. The van der Waals surface area contributed by atoms with Crippen molar-refractivity contribution < 1.29 is 13.6 Å². The van der Waals surface area contributed by atoms with Gasteiger partial charge in [-0.15, -0.1) is 0 Å². The summed E-state index contributed by atoms with van der Waals surface area (Å²) in [6.07, 6.45) is 4.89. The summed E-state index contributed by atoms with van der Waals surface area (Å²) in [5, 5.41) is 3.32. The molecule has 1 N–H and O–H groups in total. The average Bonchev–Trinajstić information content (AvgIpc) is 2.80. The zero-order valence-electron chi connectivity index (χ0n) is 10.1. The molecule has 1 fully saturated rings. The highest BCUT2D eigenvalue weighted by Crippen LogP contribution is 2.28. The fourth-order valence-corrected chi connectivity index (χ4v) is 3.02. The fraction of sp³-hybridized carbons (Fsp3) is 0.462. The third-order valence-corrected chi connectivity index (χ3v) is 4.34. The number of carbonyl (C=O) groups is 1. The van der Waals surface area contributed by atoms with Gasteiger partial charge in [0.25, 0.3) is 5.91 Å². The van der Waals surface area contributed by atoms with Crippen LogP contribution in [0.1, 0.15) is 29.6 Å². The Labute approximate surface area is 109 Å². The SMILES string of the molecule is CSC1CCC(NC(=O)c2cccc(F)c2F)C1. The number of nitrogens with one attached hydrogen (secondary N) is 1. The molecule has 1 aliphatic carbocycles. The van der Waals surface area contributed by atoms with Gasteiger partial charge in [-0.05, 0) is 37.7 Å². The van der Waals surface area contributed by atoms with Crippen LogP contribution in [0.25, 0.3) is 0 Å². The lowest BCUT2D eigenvalue weighted by atomic mass is 10.1. The van der Waals surface area contributed by atoms with Gasteiger partial charge >= 0.3 is 0 Å². The van der Waals surface area contributed by atoms with Gasteiger partial charge in [-0.25, -0.2) is 8.78 Å². The molecule has 0 aromatic heterocycles. The van der Waals surface area contributed by atoms with Crippen LogP contribution in [0.3, 0.4) is 0 Å². The first kappa shape index (κ1) is 13.3. The van der Waals surface area contributed by atoms with E-state index in [0.29, 0.717) is 5.25 Å². The molecule has 0 heterocycles. The van der Waals surface area contributed by atoms with Crippen LogP contribution >= 0.6 is 11.8 Å². The summed E-state index contributed by atoms with van der Waals surface area (Å²) in [5.41, 5.74) is -0.220. The van der Waals surface area contributed by atoms with Gasteiger partial charge in [-0.1, -0.05) is 6.07 Å². The van der Waals surface area contributed by atoms with Crippen LogP contribution in [0.4, 0.5) is 8.78 Å². The minimum Gasteiger partial charge on any atom is -0.349 e. The van der Waals surface area contributed by atoms with Gasteiger partial charge in [0.1, 0.15) is 0 Å². The quantitative estimate of drug-likeness (QED) is 0.915. The summed E-state index contributed by atoms with van der Waals surface area (Å²) in [6.45, 7) is 0. The van der Waals surface area contributed by atoms with Crippen molar-refractivity contribution in [3.8, 4) is 0 Å². The van der Waals surface area contributed by atoms with E-state index in [9.17, 15) is 13.6 Å². The second kappa shape index (κ2) is 5.69. The molecule has 1 amide bonds. The van der Waals surface area contributed by atoms with Gasteiger partial charge in [-0.2, -0.15) is 11.8 Å². The summed E-state index contributed by atoms with van der Waals surface area (Å²) in [7, 11) is 0. The van der Waals surface area contributed by atoms with E-state index in [-0.39, 0.29) is 11.6 Å². The third-order valence-electron chi connectivity index (χ3n) is 3.25. The normalized spacial score (nSPS) is 23.1. The molecule has 0 bridgehead atoms. The fourth-order valence-electron chi connectivity index (χ4n) is 2.23. The first-order chi connectivity index (χ1) is 8.61. The zero-order chi connectivity index (χ0) is 13.1. The number of benzene rings is 1. The van der Waals surface area contributed by atoms with Crippen LogP contribution < -0.4 is 5.32 Å². The van der Waals surface area contributed by atoms with Crippen molar-refractivity contribution in [2.75, 3.05) is 6.26 Å². The summed E-state index contributed by atoms with van der Waals surface area (Å²) < 4.78 is 26.4. The zero-order valence-corrected chi connectivity index (χ0v) is 10.9. The molecule has 2 atom stereocenters. The molecule has 18 heavy (non-hydrogen) atoms. The van der Waals surface area contributed by atoms with E-state index in [1.54, 1.807) is 11.8 Å². The van der Waals surface area contributed by atoms with Crippen molar-refractivity contribution in [3.63, 3.8) is 0 Å². The van der Waals surface area contributed by atoms with E-state index in [1.165, 1.54) is 12.1 Å². The van der Waals surface area contributed by atoms with Crippen molar-refractivity contribution in [1.82, 2.24) is 5.32 Å². The summed E-state index contributed by atoms with van der Waals surface area (Å²) >= 11 is 1.78. The largest absolute Gasteiger partial charge is 0.349 e. The second-order valence-corrected chi connectivity index (χ2v) is 5.58. The second-order valence-electron chi connectivity index (χ2n) is 4.44. The first-order valence-corrected chi connectivity index (χ1v) is 7.18. The van der Waals surface area contributed by atoms with Crippen LogP contribution in [0.2, 0.25) is 0 Å². The third kappa shape index (κ3) is 2.83. The molecule has 98 valence electrons. The monoisotopic (exact) mass is 271 g/mol. The topological polar surface area (TPSA) is 29.1 Å².